The first-order valence-electron chi connectivity index (χ1n) is 8.30. The molecular formula is C18H27FN2O2. The van der Waals surface area contributed by atoms with Gasteiger partial charge in [-0.15, -0.1) is 0 Å². The summed E-state index contributed by atoms with van der Waals surface area (Å²) < 4.78 is 18.8. The van der Waals surface area contributed by atoms with E-state index in [9.17, 15) is 9.18 Å². The standard InChI is InChI=1S/C18H27FN2O2/c1-18(2,3)23-17(22)21-10-6-9-20-14-11-13(12-14)15-7-4-5-8-16(15)19/h4-5,7-8,13-14,20H,6,9-12H2,1-3H3,(H,21,22). The van der Waals surface area contributed by atoms with Crippen molar-refractivity contribution in [2.24, 2.45) is 0 Å². The third-order valence-corrected chi connectivity index (χ3v) is 3.94. The third kappa shape index (κ3) is 5.82. The molecule has 0 atom stereocenters. The molecule has 128 valence electrons. The number of halogens is 1. The lowest BCUT2D eigenvalue weighted by atomic mass is 9.75. The van der Waals surface area contributed by atoms with E-state index in [1.807, 2.05) is 32.9 Å². The second-order valence-corrected chi connectivity index (χ2v) is 7.12. The van der Waals surface area contributed by atoms with Gasteiger partial charge >= 0.3 is 6.09 Å². The van der Waals surface area contributed by atoms with Gasteiger partial charge in [0.25, 0.3) is 0 Å². The fourth-order valence-electron chi connectivity index (χ4n) is 2.74. The van der Waals surface area contributed by atoms with Crippen molar-refractivity contribution < 1.29 is 13.9 Å². The van der Waals surface area contributed by atoms with Crippen LogP contribution in [0.4, 0.5) is 9.18 Å². The number of hydrogen-bond acceptors (Lipinski definition) is 3. The SMILES string of the molecule is CC(C)(C)OC(=O)NCCCNC1CC(c2ccccc2F)C1. The molecule has 1 aliphatic carbocycles. The number of carbonyl (C=O) groups is 1. The Morgan fingerprint density at radius 2 is 1.96 bits per heavy atom. The highest BCUT2D eigenvalue weighted by Gasteiger charge is 2.31. The van der Waals surface area contributed by atoms with E-state index in [0.29, 0.717) is 18.5 Å². The van der Waals surface area contributed by atoms with Crippen molar-refractivity contribution >= 4 is 6.09 Å². The summed E-state index contributed by atoms with van der Waals surface area (Å²) in [5.74, 6) is 0.228. The Hall–Kier alpha value is -1.62. The first-order chi connectivity index (χ1) is 10.8. The van der Waals surface area contributed by atoms with Gasteiger partial charge in [-0.1, -0.05) is 18.2 Å². The molecule has 4 nitrogen and oxygen atoms in total. The van der Waals surface area contributed by atoms with Crippen LogP contribution < -0.4 is 10.6 Å². The van der Waals surface area contributed by atoms with E-state index in [1.54, 1.807) is 6.07 Å². The van der Waals surface area contributed by atoms with Crippen molar-refractivity contribution in [3.05, 3.63) is 35.6 Å². The van der Waals surface area contributed by atoms with Crippen LogP contribution in [0.3, 0.4) is 0 Å². The zero-order valence-electron chi connectivity index (χ0n) is 14.2. The minimum Gasteiger partial charge on any atom is -0.444 e. The average molecular weight is 322 g/mol. The smallest absolute Gasteiger partial charge is 0.407 e. The van der Waals surface area contributed by atoms with E-state index in [4.69, 9.17) is 4.74 Å². The van der Waals surface area contributed by atoms with E-state index in [1.165, 1.54) is 6.07 Å². The Morgan fingerprint density at radius 1 is 1.26 bits per heavy atom. The van der Waals surface area contributed by atoms with Crippen molar-refractivity contribution in [1.29, 1.82) is 0 Å². The Morgan fingerprint density at radius 3 is 2.61 bits per heavy atom. The topological polar surface area (TPSA) is 50.4 Å². The van der Waals surface area contributed by atoms with Crippen molar-refractivity contribution in [1.82, 2.24) is 10.6 Å². The van der Waals surface area contributed by atoms with E-state index >= 15 is 0 Å². The summed E-state index contributed by atoms with van der Waals surface area (Å²) in [4.78, 5) is 11.5. The molecule has 0 aliphatic heterocycles. The quantitative estimate of drug-likeness (QED) is 0.787. The molecule has 0 saturated heterocycles. The van der Waals surface area contributed by atoms with Crippen LogP contribution in [0, 0.1) is 5.82 Å². The molecule has 1 aliphatic rings. The lowest BCUT2D eigenvalue weighted by Crippen LogP contribution is -2.41. The zero-order chi connectivity index (χ0) is 16.9. The van der Waals surface area contributed by atoms with Crippen LogP contribution in [-0.4, -0.2) is 30.8 Å². The molecule has 5 heteroatoms. The first kappa shape index (κ1) is 17.7. The molecule has 0 heterocycles. The van der Waals surface area contributed by atoms with Crippen LogP contribution in [0.1, 0.15) is 51.5 Å². The van der Waals surface area contributed by atoms with Gasteiger partial charge in [-0.05, 0) is 64.1 Å². The van der Waals surface area contributed by atoms with Gasteiger partial charge in [-0.3, -0.25) is 0 Å². The lowest BCUT2D eigenvalue weighted by molar-refractivity contribution is 0.0527. The van der Waals surface area contributed by atoms with Crippen LogP contribution >= 0.6 is 0 Å². The molecule has 2 N–H and O–H groups in total. The monoisotopic (exact) mass is 322 g/mol. The van der Waals surface area contributed by atoms with E-state index in [-0.39, 0.29) is 11.9 Å². The highest BCUT2D eigenvalue weighted by molar-refractivity contribution is 5.67. The van der Waals surface area contributed by atoms with E-state index in [2.05, 4.69) is 10.6 Å². The van der Waals surface area contributed by atoms with E-state index in [0.717, 1.165) is 31.4 Å². The molecular weight excluding hydrogens is 295 g/mol. The zero-order valence-corrected chi connectivity index (χ0v) is 14.2. The largest absolute Gasteiger partial charge is 0.444 e. The summed E-state index contributed by atoms with van der Waals surface area (Å²) in [5.41, 5.74) is 0.368. The fraction of sp³-hybridized carbons (Fsp3) is 0.611. The second-order valence-electron chi connectivity index (χ2n) is 7.12. The molecule has 0 unspecified atom stereocenters. The maximum Gasteiger partial charge on any atom is 0.407 e. The Labute approximate surface area is 137 Å². The van der Waals surface area contributed by atoms with Crippen LogP contribution in [0.25, 0.3) is 0 Å². The van der Waals surface area contributed by atoms with Gasteiger partial charge < -0.3 is 15.4 Å². The molecule has 1 fully saturated rings. The third-order valence-electron chi connectivity index (χ3n) is 3.94. The van der Waals surface area contributed by atoms with Gasteiger partial charge in [0.15, 0.2) is 0 Å². The van der Waals surface area contributed by atoms with Crippen molar-refractivity contribution in [3.63, 3.8) is 0 Å². The van der Waals surface area contributed by atoms with Gasteiger partial charge in [0, 0.05) is 12.6 Å². The summed E-state index contributed by atoms with van der Waals surface area (Å²) in [5, 5.41) is 6.19. The number of hydrogen-bond donors (Lipinski definition) is 2. The number of amides is 1. The van der Waals surface area contributed by atoms with Gasteiger partial charge in [0.05, 0.1) is 0 Å². The van der Waals surface area contributed by atoms with E-state index < -0.39 is 5.60 Å². The summed E-state index contributed by atoms with van der Waals surface area (Å²) in [7, 11) is 0. The molecule has 0 aromatic heterocycles. The number of nitrogens with one attached hydrogen (secondary N) is 2. The number of carbonyl (C=O) groups excluding carboxylic acids is 1. The minimum absolute atomic E-state index is 0.0995. The predicted molar refractivity (Wildman–Crippen MR) is 89.0 cm³/mol. The molecule has 2 rings (SSSR count). The maximum atomic E-state index is 13.7. The first-order valence-corrected chi connectivity index (χ1v) is 8.30. The normalized spacial score (nSPS) is 20.7. The maximum absolute atomic E-state index is 13.7. The van der Waals surface area contributed by atoms with Crippen molar-refractivity contribution in [2.45, 2.75) is 57.6 Å². The highest BCUT2D eigenvalue weighted by atomic mass is 19.1. The van der Waals surface area contributed by atoms with Crippen molar-refractivity contribution in [3.8, 4) is 0 Å². The molecule has 1 saturated carbocycles. The summed E-state index contributed by atoms with van der Waals surface area (Å²) in [6.45, 7) is 6.96. The molecule has 23 heavy (non-hydrogen) atoms. The average Bonchev–Trinajstić information content (AvgIpc) is 2.40. The predicted octanol–water partition coefficient (Wildman–Crippen LogP) is 3.58. The summed E-state index contributed by atoms with van der Waals surface area (Å²) in [6, 6.07) is 7.47. The Kier molecular flexibility index (Phi) is 5.99. The number of ether oxygens (including phenoxy) is 1. The number of benzene rings is 1. The highest BCUT2D eigenvalue weighted by Crippen LogP contribution is 2.37. The van der Waals surface area contributed by atoms with Gasteiger partial charge in [-0.2, -0.15) is 0 Å². The second kappa shape index (κ2) is 7.77. The van der Waals surface area contributed by atoms with Gasteiger partial charge in [-0.25, -0.2) is 9.18 Å². The van der Waals surface area contributed by atoms with Gasteiger partial charge in [0.1, 0.15) is 11.4 Å². The van der Waals surface area contributed by atoms with Gasteiger partial charge in [0.2, 0.25) is 0 Å². The molecule has 0 radical (unpaired) electrons. The minimum atomic E-state index is -0.462. The molecule has 0 spiro atoms. The molecule has 1 aromatic rings. The molecule has 1 amide bonds. The Balaban J connectivity index is 1.54. The number of rotatable bonds is 6. The van der Waals surface area contributed by atoms with Crippen LogP contribution in [0.15, 0.2) is 24.3 Å². The summed E-state index contributed by atoms with van der Waals surface area (Å²) in [6.07, 6.45) is 2.42. The Bertz CT molecular complexity index is 522. The van der Waals surface area contributed by atoms with Crippen LogP contribution in [-0.2, 0) is 4.74 Å². The summed E-state index contributed by atoms with van der Waals surface area (Å²) >= 11 is 0. The fourth-order valence-corrected chi connectivity index (χ4v) is 2.74. The lowest BCUT2D eigenvalue weighted by Gasteiger charge is -2.36. The molecule has 1 aromatic carbocycles. The molecule has 0 bridgehead atoms. The van der Waals surface area contributed by atoms with Crippen molar-refractivity contribution in [2.75, 3.05) is 13.1 Å². The van der Waals surface area contributed by atoms with Crippen LogP contribution in [0.5, 0.6) is 0 Å². The van der Waals surface area contributed by atoms with Crippen LogP contribution in [0.2, 0.25) is 0 Å². The number of alkyl carbamates (subject to hydrolysis) is 1.